The van der Waals surface area contributed by atoms with Crippen LogP contribution in [-0.2, 0) is 15.5 Å². The van der Waals surface area contributed by atoms with Gasteiger partial charge in [0.2, 0.25) is 0 Å². The molecule has 6 heteroatoms. The van der Waals surface area contributed by atoms with E-state index in [2.05, 4.69) is 22.2 Å². The molecule has 102 valence electrons. The molecule has 2 aromatic rings. The maximum atomic E-state index is 11.4. The minimum atomic E-state index is -0.460. The summed E-state index contributed by atoms with van der Waals surface area (Å²) in [6, 6.07) is 5.35. The number of fused-ring (bicyclic) bond motifs is 1. The summed E-state index contributed by atoms with van der Waals surface area (Å²) < 4.78 is 11.3. The van der Waals surface area contributed by atoms with Crippen molar-refractivity contribution in [3.8, 4) is 0 Å². The zero-order valence-electron chi connectivity index (χ0n) is 10.7. The molecule has 0 N–H and O–H groups in total. The molecule has 19 heavy (non-hydrogen) atoms. The predicted octanol–water partition coefficient (Wildman–Crippen LogP) is 2.46. The molecule has 0 atom stereocenters. The number of hydrogen-bond acceptors (Lipinski definition) is 5. The monoisotopic (exact) mass is 280 g/mol. The van der Waals surface area contributed by atoms with Gasteiger partial charge in [-0.3, -0.25) is 4.68 Å². The van der Waals surface area contributed by atoms with E-state index in [4.69, 9.17) is 4.74 Å². The number of thiol groups is 1. The van der Waals surface area contributed by atoms with Crippen molar-refractivity contribution in [3.05, 3.63) is 30.0 Å². The van der Waals surface area contributed by atoms with Crippen molar-refractivity contribution >= 4 is 29.8 Å². The van der Waals surface area contributed by atoms with E-state index < -0.39 is 5.97 Å². The molecule has 1 heterocycles. The van der Waals surface area contributed by atoms with Gasteiger partial charge in [-0.2, -0.15) is 5.10 Å². The number of hydrogen-bond donors (Lipinski definition) is 1. The fraction of sp³-hybridized carbons (Fsp3) is 0.385. The largest absolute Gasteiger partial charge is 0.391 e. The Balaban J connectivity index is 2.13. The molecule has 0 amide bonds. The molecule has 0 radical (unpaired) electrons. The average Bonchev–Trinajstić information content (AvgIpc) is 2.85. The molecule has 0 aliphatic carbocycles. The Labute approximate surface area is 117 Å². The first-order chi connectivity index (χ1) is 9.26. The van der Waals surface area contributed by atoms with Crippen LogP contribution in [0.5, 0.6) is 0 Å². The van der Waals surface area contributed by atoms with E-state index in [1.54, 1.807) is 25.4 Å². The molecule has 0 unspecified atom stereocenters. The molecule has 1 aromatic heterocycles. The molecule has 1 aromatic carbocycles. The number of ether oxygens (including phenoxy) is 1. The third kappa shape index (κ3) is 3.27. The van der Waals surface area contributed by atoms with E-state index in [-0.39, 0.29) is 0 Å². The summed E-state index contributed by atoms with van der Waals surface area (Å²) in [5.41, 5.74) is 1.48. The van der Waals surface area contributed by atoms with Crippen LogP contribution in [0.2, 0.25) is 0 Å². The van der Waals surface area contributed by atoms with Gasteiger partial charge in [-0.25, -0.2) is 4.79 Å². The molecular weight excluding hydrogens is 264 g/mol. The second-order valence-electron chi connectivity index (χ2n) is 4.22. The highest BCUT2D eigenvalue weighted by Gasteiger charge is 2.09. The van der Waals surface area contributed by atoms with E-state index in [0.717, 1.165) is 36.9 Å². The van der Waals surface area contributed by atoms with Gasteiger partial charge in [0, 0.05) is 38.6 Å². The van der Waals surface area contributed by atoms with Crippen LogP contribution < -0.4 is 0 Å². The number of methoxy groups -OCH3 is 1. The lowest BCUT2D eigenvalue weighted by Crippen LogP contribution is -2.02. The Morgan fingerprint density at radius 1 is 1.42 bits per heavy atom. The van der Waals surface area contributed by atoms with Gasteiger partial charge in [-0.05, 0) is 31.0 Å². The van der Waals surface area contributed by atoms with E-state index in [1.807, 2.05) is 10.7 Å². The molecule has 2 rings (SSSR count). The first-order valence-electron chi connectivity index (χ1n) is 6.06. The van der Waals surface area contributed by atoms with Crippen molar-refractivity contribution in [2.24, 2.45) is 0 Å². The quantitative estimate of drug-likeness (QED) is 0.502. The summed E-state index contributed by atoms with van der Waals surface area (Å²) in [6.07, 6.45) is 3.76. The average molecular weight is 280 g/mol. The molecule has 0 saturated carbocycles. The molecular formula is C13H16N2O3S. The van der Waals surface area contributed by atoms with Gasteiger partial charge in [0.1, 0.15) is 0 Å². The van der Waals surface area contributed by atoms with Crippen molar-refractivity contribution in [3.63, 3.8) is 0 Å². The summed E-state index contributed by atoms with van der Waals surface area (Å²) in [4.78, 5) is 11.4. The minimum Gasteiger partial charge on any atom is -0.391 e. The van der Waals surface area contributed by atoms with Crippen LogP contribution in [-0.4, -0.2) is 29.5 Å². The van der Waals surface area contributed by atoms with Crippen molar-refractivity contribution in [2.75, 3.05) is 13.7 Å². The molecule has 5 nitrogen and oxygen atoms in total. The van der Waals surface area contributed by atoms with Gasteiger partial charge < -0.3 is 8.92 Å². The molecule has 0 spiro atoms. The summed E-state index contributed by atoms with van der Waals surface area (Å²) in [5, 5.41) is 5.24. The van der Waals surface area contributed by atoms with Crippen molar-refractivity contribution in [1.82, 2.24) is 9.78 Å². The van der Waals surface area contributed by atoms with Crippen molar-refractivity contribution in [1.29, 1.82) is 0 Å². The SMILES string of the molecule is COCCCCn1ncc2cc(C(=O)OS)ccc21. The van der Waals surface area contributed by atoms with Gasteiger partial charge in [0.05, 0.1) is 17.3 Å². The van der Waals surface area contributed by atoms with Crippen LogP contribution in [0.4, 0.5) is 0 Å². The zero-order chi connectivity index (χ0) is 13.7. The standard InChI is InChI=1S/C13H16N2O3S/c1-17-7-3-2-6-15-12-5-4-10(13(16)18-19)8-11(12)9-14-15/h4-5,8-9,19H,2-3,6-7H2,1H3. The minimum absolute atomic E-state index is 0.460. The second kappa shape index (κ2) is 6.58. The Kier molecular flexibility index (Phi) is 4.81. The van der Waals surface area contributed by atoms with Crippen LogP contribution in [0, 0.1) is 0 Å². The third-order valence-electron chi connectivity index (χ3n) is 2.93. The number of rotatable bonds is 6. The lowest BCUT2D eigenvalue weighted by molar-refractivity contribution is 0.0772. The van der Waals surface area contributed by atoms with Crippen molar-refractivity contribution < 1.29 is 13.7 Å². The Morgan fingerprint density at radius 2 is 2.26 bits per heavy atom. The van der Waals surface area contributed by atoms with Gasteiger partial charge in [0.15, 0.2) is 0 Å². The van der Waals surface area contributed by atoms with Gasteiger partial charge in [-0.15, -0.1) is 0 Å². The Hall–Kier alpha value is -1.53. The number of unbranched alkanes of at least 4 members (excludes halogenated alkanes) is 1. The second-order valence-corrected chi connectivity index (χ2v) is 4.40. The summed E-state index contributed by atoms with van der Waals surface area (Å²) in [7, 11) is 1.70. The fourth-order valence-corrected chi connectivity index (χ4v) is 2.06. The highest BCUT2D eigenvalue weighted by molar-refractivity contribution is 7.75. The number of carbonyl (C=O) groups excluding carboxylic acids is 1. The number of nitrogens with zero attached hydrogens (tertiary/aromatic N) is 2. The summed E-state index contributed by atoms with van der Waals surface area (Å²) in [5.74, 6) is -0.460. The number of aryl methyl sites for hydroxylation is 1. The molecule has 0 saturated heterocycles. The topological polar surface area (TPSA) is 53.4 Å². The Bertz CT molecular complexity index is 568. The first kappa shape index (κ1) is 13.9. The summed E-state index contributed by atoms with van der Waals surface area (Å²) >= 11 is 3.51. The van der Waals surface area contributed by atoms with Crippen LogP contribution >= 0.6 is 12.9 Å². The molecule has 0 aliphatic rings. The number of carbonyl (C=O) groups is 1. The van der Waals surface area contributed by atoms with Crippen molar-refractivity contribution in [2.45, 2.75) is 19.4 Å². The van der Waals surface area contributed by atoms with Crippen LogP contribution in [0.3, 0.4) is 0 Å². The first-order valence-corrected chi connectivity index (χ1v) is 6.43. The van der Waals surface area contributed by atoms with Gasteiger partial charge >= 0.3 is 5.97 Å². The van der Waals surface area contributed by atoms with E-state index in [1.165, 1.54) is 0 Å². The van der Waals surface area contributed by atoms with E-state index >= 15 is 0 Å². The smallest absolute Gasteiger partial charge is 0.349 e. The van der Waals surface area contributed by atoms with E-state index in [9.17, 15) is 4.79 Å². The highest BCUT2D eigenvalue weighted by Crippen LogP contribution is 2.17. The molecule has 0 fully saturated rings. The zero-order valence-corrected chi connectivity index (χ0v) is 11.6. The fourth-order valence-electron chi connectivity index (χ4n) is 1.95. The normalized spacial score (nSPS) is 10.8. The highest BCUT2D eigenvalue weighted by atomic mass is 32.1. The molecule has 0 bridgehead atoms. The van der Waals surface area contributed by atoms with Crippen LogP contribution in [0.1, 0.15) is 23.2 Å². The van der Waals surface area contributed by atoms with Gasteiger partial charge in [-0.1, -0.05) is 0 Å². The molecule has 0 aliphatic heterocycles. The maximum Gasteiger partial charge on any atom is 0.349 e. The van der Waals surface area contributed by atoms with Crippen LogP contribution in [0.25, 0.3) is 10.9 Å². The summed E-state index contributed by atoms with van der Waals surface area (Å²) in [6.45, 7) is 1.60. The number of benzene rings is 1. The Morgan fingerprint density at radius 3 is 3.00 bits per heavy atom. The predicted molar refractivity (Wildman–Crippen MR) is 75.2 cm³/mol. The van der Waals surface area contributed by atoms with Gasteiger partial charge in [0.25, 0.3) is 0 Å². The lowest BCUT2D eigenvalue weighted by atomic mass is 10.1. The lowest BCUT2D eigenvalue weighted by Gasteiger charge is -2.04. The van der Waals surface area contributed by atoms with Crippen LogP contribution in [0.15, 0.2) is 24.4 Å². The van der Waals surface area contributed by atoms with E-state index in [0.29, 0.717) is 5.56 Å². The number of aromatic nitrogens is 2. The maximum absolute atomic E-state index is 11.4. The third-order valence-corrected chi connectivity index (χ3v) is 3.09.